The van der Waals surface area contributed by atoms with E-state index in [1.807, 2.05) is 30.3 Å². The molecule has 0 aromatic heterocycles. The van der Waals surface area contributed by atoms with Crippen LogP contribution in [0, 0.1) is 0 Å². The second-order valence-corrected chi connectivity index (χ2v) is 8.16. The number of carbonyl (C=O) groups is 1. The van der Waals surface area contributed by atoms with Gasteiger partial charge in [0.2, 0.25) is 0 Å². The zero-order valence-corrected chi connectivity index (χ0v) is 17.3. The molecule has 27 heavy (non-hydrogen) atoms. The fourth-order valence-electron chi connectivity index (χ4n) is 2.45. The summed E-state index contributed by atoms with van der Waals surface area (Å²) < 4.78 is 6.46. The summed E-state index contributed by atoms with van der Waals surface area (Å²) in [5.41, 5.74) is 1.62. The van der Waals surface area contributed by atoms with Crippen molar-refractivity contribution < 1.29 is 9.53 Å². The van der Waals surface area contributed by atoms with Gasteiger partial charge in [-0.05, 0) is 24.3 Å². The van der Waals surface area contributed by atoms with E-state index in [-0.39, 0.29) is 12.5 Å². The summed E-state index contributed by atoms with van der Waals surface area (Å²) in [6.45, 7) is 4.35. The number of hydrogen-bond acceptors (Lipinski definition) is 4. The third-order valence-corrected chi connectivity index (χ3v) is 5.75. The maximum Gasteiger partial charge on any atom is 0.266 e. The molecule has 0 saturated carbocycles. The first-order chi connectivity index (χ1) is 13.0. The molecule has 1 aliphatic rings. The van der Waals surface area contributed by atoms with Crippen molar-refractivity contribution in [2.45, 2.75) is 6.61 Å². The molecule has 2 aromatic carbocycles. The number of thioether (sulfide) groups is 1. The van der Waals surface area contributed by atoms with Gasteiger partial charge in [0.1, 0.15) is 16.7 Å². The summed E-state index contributed by atoms with van der Waals surface area (Å²) in [7, 11) is 0. The Labute approximate surface area is 177 Å². The summed E-state index contributed by atoms with van der Waals surface area (Å²) in [4.78, 5) is 14.6. The first kappa shape index (κ1) is 20.0. The molecule has 2 aromatic rings. The van der Waals surface area contributed by atoms with Gasteiger partial charge in [0.25, 0.3) is 5.91 Å². The fourth-order valence-corrected chi connectivity index (χ4v) is 4.18. The van der Waals surface area contributed by atoms with Crippen LogP contribution in [0.15, 0.2) is 60.0 Å². The van der Waals surface area contributed by atoms with Crippen molar-refractivity contribution in [3.8, 4) is 5.75 Å². The van der Waals surface area contributed by atoms with Crippen LogP contribution in [0.5, 0.6) is 5.75 Å². The molecule has 1 aliphatic heterocycles. The van der Waals surface area contributed by atoms with Gasteiger partial charge in [0.05, 0.1) is 4.91 Å². The van der Waals surface area contributed by atoms with Crippen molar-refractivity contribution in [2.24, 2.45) is 0 Å². The van der Waals surface area contributed by atoms with E-state index in [4.69, 9.17) is 40.2 Å². The van der Waals surface area contributed by atoms with Gasteiger partial charge in [-0.3, -0.25) is 9.69 Å². The molecule has 0 spiro atoms. The summed E-state index contributed by atoms with van der Waals surface area (Å²) in [5, 5.41) is 1.12. The second kappa shape index (κ2) is 8.93. The van der Waals surface area contributed by atoms with E-state index >= 15 is 0 Å². The Morgan fingerprint density at radius 3 is 2.74 bits per heavy atom. The quantitative estimate of drug-likeness (QED) is 0.318. The number of benzene rings is 2. The van der Waals surface area contributed by atoms with Crippen molar-refractivity contribution >= 4 is 63.5 Å². The number of halogens is 2. The van der Waals surface area contributed by atoms with Crippen LogP contribution < -0.4 is 4.74 Å². The molecule has 1 saturated heterocycles. The summed E-state index contributed by atoms with van der Waals surface area (Å²) in [6.07, 6.45) is 3.45. The van der Waals surface area contributed by atoms with E-state index in [0.29, 0.717) is 31.6 Å². The smallest absolute Gasteiger partial charge is 0.266 e. The lowest BCUT2D eigenvalue weighted by molar-refractivity contribution is -0.121. The van der Waals surface area contributed by atoms with Gasteiger partial charge in [-0.15, -0.1) is 6.58 Å². The monoisotopic (exact) mass is 435 g/mol. The van der Waals surface area contributed by atoms with Crippen molar-refractivity contribution in [3.05, 3.63) is 81.2 Å². The summed E-state index contributed by atoms with van der Waals surface area (Å²) in [6, 6.07) is 12.8. The van der Waals surface area contributed by atoms with Gasteiger partial charge in [0, 0.05) is 27.7 Å². The molecule has 0 bridgehead atoms. The Balaban J connectivity index is 1.81. The maximum atomic E-state index is 12.5. The van der Waals surface area contributed by atoms with Crippen molar-refractivity contribution in [3.63, 3.8) is 0 Å². The summed E-state index contributed by atoms with van der Waals surface area (Å²) in [5.74, 6) is 0.526. The van der Waals surface area contributed by atoms with E-state index in [1.54, 1.807) is 24.3 Å². The van der Waals surface area contributed by atoms with Gasteiger partial charge in [-0.1, -0.05) is 77.5 Å². The lowest BCUT2D eigenvalue weighted by Gasteiger charge is -2.11. The zero-order chi connectivity index (χ0) is 19.4. The molecule has 3 rings (SSSR count). The average Bonchev–Trinajstić information content (AvgIpc) is 2.90. The highest BCUT2D eigenvalue weighted by atomic mass is 35.5. The van der Waals surface area contributed by atoms with Crippen LogP contribution >= 0.6 is 47.2 Å². The Morgan fingerprint density at radius 2 is 2.00 bits per heavy atom. The molecule has 138 valence electrons. The molecule has 3 nitrogen and oxygen atoms in total. The summed E-state index contributed by atoms with van der Waals surface area (Å²) >= 11 is 18.7. The van der Waals surface area contributed by atoms with Crippen LogP contribution in [0.3, 0.4) is 0 Å². The van der Waals surface area contributed by atoms with Crippen LogP contribution in [0.1, 0.15) is 11.1 Å². The number of thiocarbonyl (C=S) groups is 1. The van der Waals surface area contributed by atoms with E-state index < -0.39 is 0 Å². The molecular formula is C20H15Cl2NO2S2. The van der Waals surface area contributed by atoms with Crippen molar-refractivity contribution in [1.82, 2.24) is 4.90 Å². The highest BCUT2D eigenvalue weighted by Gasteiger charge is 2.31. The maximum absolute atomic E-state index is 12.5. The molecule has 1 heterocycles. The van der Waals surface area contributed by atoms with E-state index in [9.17, 15) is 4.79 Å². The third-order valence-electron chi connectivity index (χ3n) is 3.79. The number of nitrogens with zero attached hydrogens (tertiary/aromatic N) is 1. The van der Waals surface area contributed by atoms with Crippen LogP contribution in [0.25, 0.3) is 6.08 Å². The molecule has 0 aliphatic carbocycles. The van der Waals surface area contributed by atoms with Gasteiger partial charge >= 0.3 is 0 Å². The fraction of sp³-hybridized carbons (Fsp3) is 0.100. The molecule has 7 heteroatoms. The minimum absolute atomic E-state index is 0.125. The van der Waals surface area contributed by atoms with Crippen LogP contribution in [-0.2, 0) is 11.4 Å². The first-order valence-corrected chi connectivity index (χ1v) is 9.99. The number of rotatable bonds is 6. The number of ether oxygens (including phenoxy) is 1. The Hall–Kier alpha value is -1.79. The first-order valence-electron chi connectivity index (χ1n) is 8.01. The van der Waals surface area contributed by atoms with Crippen molar-refractivity contribution in [2.75, 3.05) is 6.54 Å². The largest absolute Gasteiger partial charge is 0.488 e. The molecule has 0 N–H and O–H groups in total. The SMILES string of the molecule is C=CCN1C(=O)/C(=C\c2ccccc2OCc2ccc(Cl)cc2Cl)SC1=S. The predicted molar refractivity (Wildman–Crippen MR) is 117 cm³/mol. The van der Waals surface area contributed by atoms with E-state index in [1.165, 1.54) is 16.7 Å². The highest BCUT2D eigenvalue weighted by Crippen LogP contribution is 2.34. The molecule has 0 atom stereocenters. The van der Waals surface area contributed by atoms with Crippen molar-refractivity contribution in [1.29, 1.82) is 0 Å². The van der Waals surface area contributed by atoms with Gasteiger partial charge in [-0.25, -0.2) is 0 Å². The molecule has 1 amide bonds. The lowest BCUT2D eigenvalue weighted by atomic mass is 10.1. The van der Waals surface area contributed by atoms with E-state index in [2.05, 4.69) is 6.58 Å². The van der Waals surface area contributed by atoms with Crippen LogP contribution in [0.4, 0.5) is 0 Å². The predicted octanol–water partition coefficient (Wildman–Crippen LogP) is 5.96. The Bertz CT molecular complexity index is 943. The minimum Gasteiger partial charge on any atom is -0.488 e. The lowest BCUT2D eigenvalue weighted by Crippen LogP contribution is -2.27. The zero-order valence-electron chi connectivity index (χ0n) is 14.2. The second-order valence-electron chi connectivity index (χ2n) is 5.64. The highest BCUT2D eigenvalue weighted by molar-refractivity contribution is 8.26. The van der Waals surface area contributed by atoms with E-state index in [0.717, 1.165) is 11.1 Å². The molecule has 1 fully saturated rings. The third kappa shape index (κ3) is 4.74. The topological polar surface area (TPSA) is 29.5 Å². The van der Waals surface area contributed by atoms with Gasteiger partial charge in [0.15, 0.2) is 0 Å². The average molecular weight is 436 g/mol. The number of para-hydroxylation sites is 1. The number of carbonyl (C=O) groups excluding carboxylic acids is 1. The molecular weight excluding hydrogens is 421 g/mol. The number of hydrogen-bond donors (Lipinski definition) is 0. The Kier molecular flexibility index (Phi) is 6.60. The standard InChI is InChI=1S/C20H15Cl2NO2S2/c1-2-9-23-19(24)18(27-20(23)26)10-13-5-3-4-6-17(13)25-12-14-7-8-15(21)11-16(14)22/h2-8,10-11H,1,9,12H2/b18-10+. The molecule has 0 radical (unpaired) electrons. The Morgan fingerprint density at radius 1 is 1.22 bits per heavy atom. The number of amides is 1. The minimum atomic E-state index is -0.125. The molecule has 0 unspecified atom stereocenters. The van der Waals surface area contributed by atoms with Gasteiger partial charge < -0.3 is 4.74 Å². The van der Waals surface area contributed by atoms with Crippen LogP contribution in [-0.4, -0.2) is 21.7 Å². The van der Waals surface area contributed by atoms with Crippen LogP contribution in [0.2, 0.25) is 10.0 Å². The normalized spacial score (nSPS) is 15.5. The van der Waals surface area contributed by atoms with Gasteiger partial charge in [-0.2, -0.15) is 0 Å².